The van der Waals surface area contributed by atoms with E-state index < -0.39 is 0 Å². The molecule has 0 spiro atoms. The number of nitrogens with zero attached hydrogens (tertiary/aromatic N) is 3. The van der Waals surface area contributed by atoms with Gasteiger partial charge in [-0.3, -0.25) is 9.36 Å². The highest BCUT2D eigenvalue weighted by molar-refractivity contribution is 5.77. The van der Waals surface area contributed by atoms with Crippen LogP contribution >= 0.6 is 0 Å². The monoisotopic (exact) mass is 189 g/mol. The standard InChI is InChI=1S/C10H11N3O/c1-6-4-5-11-9-8(6)10(14)13(3)7(2)12-9/h4-5H,1-3H3. The first kappa shape index (κ1) is 8.87. The van der Waals surface area contributed by atoms with Crippen molar-refractivity contribution in [2.75, 3.05) is 0 Å². The van der Waals surface area contributed by atoms with E-state index in [4.69, 9.17) is 0 Å². The lowest BCUT2D eigenvalue weighted by Crippen LogP contribution is -2.21. The first-order chi connectivity index (χ1) is 6.61. The van der Waals surface area contributed by atoms with Gasteiger partial charge in [-0.15, -0.1) is 0 Å². The van der Waals surface area contributed by atoms with Gasteiger partial charge in [0.15, 0.2) is 5.65 Å². The van der Waals surface area contributed by atoms with Crippen molar-refractivity contribution in [3.8, 4) is 0 Å². The molecule has 0 saturated heterocycles. The zero-order valence-corrected chi connectivity index (χ0v) is 8.40. The van der Waals surface area contributed by atoms with Gasteiger partial charge < -0.3 is 0 Å². The molecule has 0 fully saturated rings. The molecule has 4 nitrogen and oxygen atoms in total. The summed E-state index contributed by atoms with van der Waals surface area (Å²) < 4.78 is 1.54. The third kappa shape index (κ3) is 1.11. The van der Waals surface area contributed by atoms with Gasteiger partial charge in [-0.05, 0) is 25.5 Å². The van der Waals surface area contributed by atoms with Crippen LogP contribution in [0.15, 0.2) is 17.1 Å². The minimum Gasteiger partial charge on any atom is -0.299 e. The van der Waals surface area contributed by atoms with Gasteiger partial charge in [-0.1, -0.05) is 0 Å². The summed E-state index contributed by atoms with van der Waals surface area (Å²) in [5.41, 5.74) is 1.42. The minimum atomic E-state index is -0.0295. The normalized spacial score (nSPS) is 10.8. The molecule has 2 aromatic rings. The van der Waals surface area contributed by atoms with Gasteiger partial charge in [-0.25, -0.2) is 9.97 Å². The molecule has 2 heterocycles. The third-order valence-corrected chi connectivity index (χ3v) is 2.41. The van der Waals surface area contributed by atoms with Crippen molar-refractivity contribution in [1.82, 2.24) is 14.5 Å². The molecule has 0 bridgehead atoms. The topological polar surface area (TPSA) is 47.8 Å². The molecule has 0 aliphatic heterocycles. The van der Waals surface area contributed by atoms with Crippen LogP contribution in [0, 0.1) is 13.8 Å². The van der Waals surface area contributed by atoms with Crippen molar-refractivity contribution in [3.05, 3.63) is 34.0 Å². The van der Waals surface area contributed by atoms with Crippen LogP contribution in [0.5, 0.6) is 0 Å². The van der Waals surface area contributed by atoms with Crippen LogP contribution in [-0.4, -0.2) is 14.5 Å². The van der Waals surface area contributed by atoms with E-state index in [1.165, 1.54) is 4.57 Å². The number of pyridine rings is 1. The number of aryl methyl sites for hydroxylation is 2. The van der Waals surface area contributed by atoms with E-state index >= 15 is 0 Å². The zero-order valence-electron chi connectivity index (χ0n) is 8.40. The molecule has 0 aliphatic rings. The van der Waals surface area contributed by atoms with Gasteiger partial charge in [-0.2, -0.15) is 0 Å². The van der Waals surface area contributed by atoms with Crippen LogP contribution in [0.3, 0.4) is 0 Å². The Morgan fingerprint density at radius 1 is 1.36 bits per heavy atom. The molecule has 0 saturated carbocycles. The summed E-state index contributed by atoms with van der Waals surface area (Å²) >= 11 is 0. The molecule has 0 aromatic carbocycles. The van der Waals surface area contributed by atoms with Crippen molar-refractivity contribution in [2.45, 2.75) is 13.8 Å². The Hall–Kier alpha value is -1.71. The lowest BCUT2D eigenvalue weighted by atomic mass is 10.2. The van der Waals surface area contributed by atoms with E-state index in [1.807, 2.05) is 13.0 Å². The van der Waals surface area contributed by atoms with Gasteiger partial charge >= 0.3 is 0 Å². The smallest absolute Gasteiger partial charge is 0.263 e. The van der Waals surface area contributed by atoms with Gasteiger partial charge in [0, 0.05) is 13.2 Å². The Bertz CT molecular complexity index is 557. The van der Waals surface area contributed by atoms with Crippen LogP contribution in [0.1, 0.15) is 11.4 Å². The number of fused-ring (bicyclic) bond motifs is 1. The molecule has 0 radical (unpaired) electrons. The summed E-state index contributed by atoms with van der Waals surface area (Å²) in [5.74, 6) is 0.681. The Labute approximate surface area is 81.2 Å². The molecule has 0 N–H and O–H groups in total. The number of rotatable bonds is 0. The highest BCUT2D eigenvalue weighted by Crippen LogP contribution is 2.08. The highest BCUT2D eigenvalue weighted by atomic mass is 16.1. The summed E-state index contributed by atoms with van der Waals surface area (Å²) in [6, 6.07) is 1.82. The predicted octanol–water partition coefficient (Wildman–Crippen LogP) is 0.945. The fourth-order valence-electron chi connectivity index (χ4n) is 1.44. The average molecular weight is 189 g/mol. The molecule has 0 unspecified atom stereocenters. The van der Waals surface area contributed by atoms with Crippen LogP contribution < -0.4 is 5.56 Å². The minimum absolute atomic E-state index is 0.0295. The molecule has 14 heavy (non-hydrogen) atoms. The predicted molar refractivity (Wildman–Crippen MR) is 54.3 cm³/mol. The van der Waals surface area contributed by atoms with E-state index in [2.05, 4.69) is 9.97 Å². The molecular weight excluding hydrogens is 178 g/mol. The molecular formula is C10H11N3O. The first-order valence-corrected chi connectivity index (χ1v) is 4.40. The Morgan fingerprint density at radius 2 is 2.07 bits per heavy atom. The van der Waals surface area contributed by atoms with Crippen molar-refractivity contribution in [3.63, 3.8) is 0 Å². The number of hydrogen-bond donors (Lipinski definition) is 0. The van der Waals surface area contributed by atoms with Crippen molar-refractivity contribution < 1.29 is 0 Å². The lowest BCUT2D eigenvalue weighted by molar-refractivity contribution is 0.788. The van der Waals surface area contributed by atoms with Crippen molar-refractivity contribution >= 4 is 11.0 Å². The largest absolute Gasteiger partial charge is 0.299 e. The Kier molecular flexibility index (Phi) is 1.84. The number of aromatic nitrogens is 3. The third-order valence-electron chi connectivity index (χ3n) is 2.41. The average Bonchev–Trinajstić information content (AvgIpc) is 2.14. The second-order valence-electron chi connectivity index (χ2n) is 3.35. The van der Waals surface area contributed by atoms with Gasteiger partial charge in [0.05, 0.1) is 5.39 Å². The van der Waals surface area contributed by atoms with Gasteiger partial charge in [0.2, 0.25) is 0 Å². The fraction of sp³-hybridized carbons (Fsp3) is 0.300. The van der Waals surface area contributed by atoms with Crippen LogP contribution in [0.25, 0.3) is 11.0 Å². The van der Waals surface area contributed by atoms with E-state index in [-0.39, 0.29) is 5.56 Å². The first-order valence-electron chi connectivity index (χ1n) is 4.40. The molecule has 4 heteroatoms. The van der Waals surface area contributed by atoms with Crippen molar-refractivity contribution in [2.24, 2.45) is 7.05 Å². The quantitative estimate of drug-likeness (QED) is 0.619. The second-order valence-corrected chi connectivity index (χ2v) is 3.35. The maximum atomic E-state index is 11.9. The molecule has 0 atom stereocenters. The second kappa shape index (κ2) is 2.90. The molecule has 2 rings (SSSR count). The maximum absolute atomic E-state index is 11.9. The Morgan fingerprint density at radius 3 is 2.79 bits per heavy atom. The fourth-order valence-corrected chi connectivity index (χ4v) is 1.44. The van der Waals surface area contributed by atoms with Crippen molar-refractivity contribution in [1.29, 1.82) is 0 Å². The van der Waals surface area contributed by atoms with E-state index in [9.17, 15) is 4.79 Å². The van der Waals surface area contributed by atoms with Crippen LogP contribution in [-0.2, 0) is 7.05 Å². The molecule has 0 aliphatic carbocycles. The maximum Gasteiger partial charge on any atom is 0.263 e. The molecule has 0 amide bonds. The van der Waals surface area contributed by atoms with Crippen LogP contribution in [0.4, 0.5) is 0 Å². The van der Waals surface area contributed by atoms with Gasteiger partial charge in [0.25, 0.3) is 5.56 Å². The molecule has 2 aromatic heterocycles. The summed E-state index contributed by atoms with van der Waals surface area (Å²) in [6.07, 6.45) is 1.67. The summed E-state index contributed by atoms with van der Waals surface area (Å²) in [7, 11) is 1.72. The van der Waals surface area contributed by atoms with E-state index in [0.29, 0.717) is 16.9 Å². The van der Waals surface area contributed by atoms with Gasteiger partial charge in [0.1, 0.15) is 5.82 Å². The highest BCUT2D eigenvalue weighted by Gasteiger charge is 2.07. The Balaban J connectivity index is 3.07. The number of hydrogen-bond acceptors (Lipinski definition) is 3. The SMILES string of the molecule is Cc1ccnc2nc(C)n(C)c(=O)c12. The lowest BCUT2D eigenvalue weighted by Gasteiger charge is -2.05. The molecule has 72 valence electrons. The van der Waals surface area contributed by atoms with E-state index in [0.717, 1.165) is 5.56 Å². The summed E-state index contributed by atoms with van der Waals surface area (Å²) in [4.78, 5) is 20.2. The van der Waals surface area contributed by atoms with E-state index in [1.54, 1.807) is 20.2 Å². The van der Waals surface area contributed by atoms with Crippen LogP contribution in [0.2, 0.25) is 0 Å². The zero-order chi connectivity index (χ0) is 10.3. The summed E-state index contributed by atoms with van der Waals surface area (Å²) in [5, 5.41) is 0.612. The summed E-state index contributed by atoms with van der Waals surface area (Å²) in [6.45, 7) is 3.69.